The van der Waals surface area contributed by atoms with Gasteiger partial charge in [0.1, 0.15) is 11.3 Å². The quantitative estimate of drug-likeness (QED) is 0.761. The highest BCUT2D eigenvalue weighted by Gasteiger charge is 2.66. The minimum atomic E-state index is -0.902. The maximum atomic E-state index is 14.8. The van der Waals surface area contributed by atoms with Crippen molar-refractivity contribution >= 4 is 5.71 Å². The van der Waals surface area contributed by atoms with Crippen molar-refractivity contribution in [2.75, 3.05) is 0 Å². The highest BCUT2D eigenvalue weighted by atomic mass is 19.1. The Hall–Kier alpha value is -1.38. The number of oxime groups is 1. The van der Waals surface area contributed by atoms with Crippen LogP contribution in [0, 0.1) is 17.8 Å². The molecule has 21 heavy (non-hydrogen) atoms. The van der Waals surface area contributed by atoms with E-state index in [-0.39, 0.29) is 5.60 Å². The number of nitrogens with zero attached hydrogens (tertiary/aromatic N) is 1. The summed E-state index contributed by atoms with van der Waals surface area (Å²) in [7, 11) is 0. The molecular weight excluding hydrogens is 265 g/mol. The average molecular weight is 285 g/mol. The smallest absolute Gasteiger partial charge is 0.149 e. The molecule has 6 rings (SSSR count). The van der Waals surface area contributed by atoms with Crippen LogP contribution < -0.4 is 0 Å². The first-order valence-electron chi connectivity index (χ1n) is 8.16. The summed E-state index contributed by atoms with van der Waals surface area (Å²) in [6.45, 7) is 0. The van der Waals surface area contributed by atoms with Crippen molar-refractivity contribution in [3.8, 4) is 0 Å². The number of halogens is 1. The summed E-state index contributed by atoms with van der Waals surface area (Å²) in [6, 6.07) is 10.3. The Labute approximate surface area is 124 Å². The van der Waals surface area contributed by atoms with Gasteiger partial charge in [0.2, 0.25) is 0 Å². The lowest BCUT2D eigenvalue weighted by molar-refractivity contribution is -0.217. The van der Waals surface area contributed by atoms with Crippen LogP contribution in [0.25, 0.3) is 0 Å². The molecule has 1 aromatic carbocycles. The zero-order valence-corrected chi connectivity index (χ0v) is 12.1. The molecule has 0 N–H and O–H groups in total. The van der Waals surface area contributed by atoms with Gasteiger partial charge in [0, 0.05) is 18.3 Å². The van der Waals surface area contributed by atoms with Crippen LogP contribution >= 0.6 is 0 Å². The Bertz CT molecular complexity index is 595. The molecule has 5 aliphatic rings. The highest BCUT2D eigenvalue weighted by molar-refractivity contribution is 6.01. The molecule has 4 aliphatic carbocycles. The van der Waals surface area contributed by atoms with Crippen LogP contribution in [0.4, 0.5) is 4.39 Å². The van der Waals surface area contributed by atoms with Gasteiger partial charge in [-0.05, 0) is 43.6 Å². The first-order chi connectivity index (χ1) is 10.2. The summed E-state index contributed by atoms with van der Waals surface area (Å²) in [4.78, 5) is 6.05. The van der Waals surface area contributed by atoms with Crippen molar-refractivity contribution < 1.29 is 9.23 Å². The third-order valence-electron chi connectivity index (χ3n) is 6.37. The number of hydrogen-bond acceptors (Lipinski definition) is 2. The third kappa shape index (κ3) is 1.60. The second kappa shape index (κ2) is 3.88. The normalized spacial score (nSPS) is 46.7. The molecule has 5 atom stereocenters. The first-order valence-corrected chi connectivity index (χ1v) is 8.16. The molecule has 3 heteroatoms. The van der Waals surface area contributed by atoms with E-state index in [2.05, 4.69) is 17.3 Å². The molecule has 0 amide bonds. The summed E-state index contributed by atoms with van der Waals surface area (Å²) >= 11 is 0. The summed E-state index contributed by atoms with van der Waals surface area (Å²) in [6.07, 6.45) is 5.33. The van der Waals surface area contributed by atoms with Gasteiger partial charge in [-0.1, -0.05) is 35.5 Å². The zero-order valence-electron chi connectivity index (χ0n) is 12.1. The summed E-state index contributed by atoms with van der Waals surface area (Å²) < 4.78 is 14.8. The summed E-state index contributed by atoms with van der Waals surface area (Å²) in [5.74, 6) is 1.31. The van der Waals surface area contributed by atoms with E-state index in [4.69, 9.17) is 4.84 Å². The number of benzene rings is 1. The third-order valence-corrected chi connectivity index (χ3v) is 6.37. The van der Waals surface area contributed by atoms with Gasteiger partial charge >= 0.3 is 0 Å². The average Bonchev–Trinajstić information content (AvgIpc) is 2.91. The highest BCUT2D eigenvalue weighted by Crippen LogP contribution is 2.64. The Morgan fingerprint density at radius 3 is 2.43 bits per heavy atom. The molecule has 1 aromatic rings. The number of rotatable bonds is 1. The SMILES string of the molecule is FC12CC3C[C@H](C1)C1(CC(c4ccccc4)=NO1)[C@@H](C3)C2. The van der Waals surface area contributed by atoms with Crippen molar-refractivity contribution in [1.29, 1.82) is 0 Å². The fourth-order valence-corrected chi connectivity index (χ4v) is 5.65. The van der Waals surface area contributed by atoms with Crippen molar-refractivity contribution in [1.82, 2.24) is 0 Å². The van der Waals surface area contributed by atoms with Gasteiger partial charge in [-0.2, -0.15) is 0 Å². The minimum Gasteiger partial charge on any atom is -0.388 e. The van der Waals surface area contributed by atoms with Gasteiger partial charge < -0.3 is 4.84 Å². The zero-order chi connectivity index (χ0) is 14.1. The molecule has 2 nitrogen and oxygen atoms in total. The lowest BCUT2D eigenvalue weighted by Gasteiger charge is -2.60. The van der Waals surface area contributed by atoms with E-state index in [1.165, 1.54) is 0 Å². The summed E-state index contributed by atoms with van der Waals surface area (Å²) in [5.41, 5.74) is 1.10. The maximum absolute atomic E-state index is 14.8. The van der Waals surface area contributed by atoms with Crippen LogP contribution in [0.5, 0.6) is 0 Å². The molecule has 1 spiro atoms. The van der Waals surface area contributed by atoms with E-state index in [0.29, 0.717) is 30.6 Å². The topological polar surface area (TPSA) is 21.6 Å². The molecule has 4 saturated carbocycles. The maximum Gasteiger partial charge on any atom is 0.149 e. The minimum absolute atomic E-state index is 0.197. The van der Waals surface area contributed by atoms with Crippen molar-refractivity contribution in [3.63, 3.8) is 0 Å². The molecule has 0 aromatic heterocycles. The largest absolute Gasteiger partial charge is 0.388 e. The monoisotopic (exact) mass is 285 g/mol. The molecule has 1 aliphatic heterocycles. The van der Waals surface area contributed by atoms with E-state index in [0.717, 1.165) is 37.0 Å². The molecule has 110 valence electrons. The molecule has 0 saturated heterocycles. The van der Waals surface area contributed by atoms with E-state index in [1.54, 1.807) is 0 Å². The van der Waals surface area contributed by atoms with Crippen LogP contribution in [-0.4, -0.2) is 17.0 Å². The second-order valence-corrected chi connectivity index (χ2v) is 7.62. The van der Waals surface area contributed by atoms with Gasteiger partial charge in [0.15, 0.2) is 0 Å². The van der Waals surface area contributed by atoms with E-state index in [1.807, 2.05) is 18.2 Å². The lowest BCUT2D eigenvalue weighted by Crippen LogP contribution is -2.62. The first kappa shape index (κ1) is 12.2. The molecule has 0 radical (unpaired) electrons. The van der Waals surface area contributed by atoms with E-state index in [9.17, 15) is 4.39 Å². The lowest BCUT2D eigenvalue weighted by atomic mass is 9.48. The van der Waals surface area contributed by atoms with Crippen molar-refractivity contribution in [2.24, 2.45) is 22.9 Å². The number of alkyl halides is 1. The van der Waals surface area contributed by atoms with E-state index < -0.39 is 5.67 Å². The Morgan fingerprint density at radius 1 is 1.05 bits per heavy atom. The Morgan fingerprint density at radius 2 is 1.76 bits per heavy atom. The fraction of sp³-hybridized carbons (Fsp3) is 0.611. The van der Waals surface area contributed by atoms with Crippen LogP contribution in [0.2, 0.25) is 0 Å². The van der Waals surface area contributed by atoms with Crippen LogP contribution in [-0.2, 0) is 4.84 Å². The number of hydrogen-bond donors (Lipinski definition) is 0. The molecule has 3 unspecified atom stereocenters. The van der Waals surface area contributed by atoms with Crippen LogP contribution in [0.15, 0.2) is 35.5 Å². The summed E-state index contributed by atoms with van der Waals surface area (Å²) in [5, 5.41) is 4.42. The van der Waals surface area contributed by atoms with Gasteiger partial charge in [-0.15, -0.1) is 0 Å². The van der Waals surface area contributed by atoms with Gasteiger partial charge in [0.25, 0.3) is 0 Å². The fourth-order valence-electron chi connectivity index (χ4n) is 5.65. The van der Waals surface area contributed by atoms with E-state index >= 15 is 0 Å². The Balaban J connectivity index is 1.47. The molecular formula is C18H20FNO. The Kier molecular flexibility index (Phi) is 2.25. The van der Waals surface area contributed by atoms with Crippen molar-refractivity contribution in [3.05, 3.63) is 35.9 Å². The second-order valence-electron chi connectivity index (χ2n) is 7.62. The van der Waals surface area contributed by atoms with Gasteiger partial charge in [0.05, 0.1) is 5.71 Å². The van der Waals surface area contributed by atoms with Crippen LogP contribution in [0.1, 0.15) is 44.1 Å². The standard InChI is InChI=1S/C18H20FNO/c19-17-8-12-6-14(9-17)18(15(7-12)10-17)11-16(20-21-18)13-4-2-1-3-5-13/h1-5,12,14-15H,6-11H2/t12?,14-,15+,17?,18?. The van der Waals surface area contributed by atoms with Gasteiger partial charge in [-0.3, -0.25) is 0 Å². The molecule has 4 fully saturated rings. The predicted molar refractivity (Wildman–Crippen MR) is 78.8 cm³/mol. The predicted octanol–water partition coefficient (Wildman–Crippen LogP) is 4.10. The molecule has 4 bridgehead atoms. The van der Waals surface area contributed by atoms with Crippen molar-refractivity contribution in [2.45, 2.75) is 49.8 Å². The van der Waals surface area contributed by atoms with Gasteiger partial charge in [-0.25, -0.2) is 4.39 Å². The van der Waals surface area contributed by atoms with Crippen LogP contribution in [0.3, 0.4) is 0 Å². The molecule has 1 heterocycles.